The van der Waals surface area contributed by atoms with Gasteiger partial charge in [-0.15, -0.1) is 0 Å². The van der Waals surface area contributed by atoms with Crippen LogP contribution in [0.15, 0.2) is 12.1 Å². The Kier molecular flexibility index (Phi) is 5.76. The first-order chi connectivity index (χ1) is 13.6. The Hall–Kier alpha value is -2.72. The van der Waals surface area contributed by atoms with Crippen molar-refractivity contribution in [2.24, 2.45) is 14.1 Å². The summed E-state index contributed by atoms with van der Waals surface area (Å²) >= 11 is 12.1. The minimum Gasteiger partial charge on any atom is -0.437 e. The van der Waals surface area contributed by atoms with Crippen molar-refractivity contribution in [1.82, 2.24) is 19.6 Å². The van der Waals surface area contributed by atoms with E-state index in [4.69, 9.17) is 27.9 Å². The van der Waals surface area contributed by atoms with Crippen LogP contribution in [0.2, 0.25) is 10.0 Å². The second kappa shape index (κ2) is 7.96. The molecule has 0 fully saturated rings. The molecule has 0 radical (unpaired) electrons. The fourth-order valence-electron chi connectivity index (χ4n) is 2.67. The van der Waals surface area contributed by atoms with Crippen LogP contribution in [0.25, 0.3) is 11.3 Å². The van der Waals surface area contributed by atoms with E-state index >= 15 is 0 Å². The third-order valence-electron chi connectivity index (χ3n) is 3.96. The molecule has 29 heavy (non-hydrogen) atoms. The number of aryl methyl sites for hydroxylation is 3. The van der Waals surface area contributed by atoms with Crippen LogP contribution in [-0.2, 0) is 14.1 Å². The molecule has 0 atom stereocenters. The van der Waals surface area contributed by atoms with Crippen molar-refractivity contribution in [3.05, 3.63) is 39.3 Å². The molecular formula is C17H13Cl2F3N4O3. The van der Waals surface area contributed by atoms with E-state index in [0.717, 1.165) is 10.7 Å². The molecule has 0 saturated carbocycles. The molecule has 0 aliphatic heterocycles. The molecule has 7 nitrogen and oxygen atoms in total. The van der Waals surface area contributed by atoms with Gasteiger partial charge in [0, 0.05) is 19.7 Å². The van der Waals surface area contributed by atoms with Gasteiger partial charge >= 0.3 is 6.61 Å². The third kappa shape index (κ3) is 3.90. The largest absolute Gasteiger partial charge is 0.437 e. The standard InChI is InChI=1S/C17H13Cl2F3N4O3/c1-7-9(6-27)15(25(2)23-7)28-12-4-8(11(20)5-10(12)18)14-13(19)16(26(3)24-14)29-17(21)22/h4-6,17H,1-3H3. The zero-order valence-corrected chi connectivity index (χ0v) is 16.7. The quantitative estimate of drug-likeness (QED) is 0.507. The predicted molar refractivity (Wildman–Crippen MR) is 98.7 cm³/mol. The van der Waals surface area contributed by atoms with Gasteiger partial charge in [0.25, 0.3) is 0 Å². The Morgan fingerprint density at radius 2 is 1.79 bits per heavy atom. The number of halogens is 5. The number of hydrogen-bond acceptors (Lipinski definition) is 5. The number of carbonyl (C=O) groups is 1. The fourth-order valence-corrected chi connectivity index (χ4v) is 3.17. The number of rotatable bonds is 6. The first kappa shape index (κ1) is 21.0. The maximum Gasteiger partial charge on any atom is 0.388 e. The summed E-state index contributed by atoms with van der Waals surface area (Å²) in [6.07, 6.45) is 0.569. The summed E-state index contributed by atoms with van der Waals surface area (Å²) in [5.41, 5.74) is 0.303. The number of aromatic nitrogens is 4. The highest BCUT2D eigenvalue weighted by molar-refractivity contribution is 6.34. The van der Waals surface area contributed by atoms with Crippen LogP contribution in [0.5, 0.6) is 17.5 Å². The topological polar surface area (TPSA) is 71.2 Å². The number of ether oxygens (including phenoxy) is 2. The molecule has 12 heteroatoms. The molecule has 154 valence electrons. The highest BCUT2D eigenvalue weighted by Crippen LogP contribution is 2.41. The van der Waals surface area contributed by atoms with Crippen LogP contribution in [0, 0.1) is 12.7 Å². The van der Waals surface area contributed by atoms with E-state index in [-0.39, 0.29) is 38.5 Å². The van der Waals surface area contributed by atoms with Crippen molar-refractivity contribution >= 4 is 29.5 Å². The lowest BCUT2D eigenvalue weighted by Gasteiger charge is -2.11. The minimum atomic E-state index is -3.14. The zero-order chi connectivity index (χ0) is 21.5. The monoisotopic (exact) mass is 448 g/mol. The van der Waals surface area contributed by atoms with Crippen LogP contribution >= 0.6 is 23.2 Å². The van der Waals surface area contributed by atoms with Crippen LogP contribution in [0.1, 0.15) is 16.1 Å². The molecule has 0 spiro atoms. The first-order valence-corrected chi connectivity index (χ1v) is 8.73. The molecule has 2 aromatic heterocycles. The molecule has 0 bridgehead atoms. The maximum absolute atomic E-state index is 14.6. The Balaban J connectivity index is 2.09. The molecule has 0 aliphatic rings. The summed E-state index contributed by atoms with van der Waals surface area (Å²) in [4.78, 5) is 11.3. The first-order valence-electron chi connectivity index (χ1n) is 7.97. The molecular weight excluding hydrogens is 436 g/mol. The average Bonchev–Trinajstić information content (AvgIpc) is 3.06. The van der Waals surface area contributed by atoms with Gasteiger partial charge in [-0.2, -0.15) is 19.0 Å². The van der Waals surface area contributed by atoms with Gasteiger partial charge in [-0.1, -0.05) is 23.2 Å². The Morgan fingerprint density at radius 3 is 2.41 bits per heavy atom. The number of carbonyl (C=O) groups excluding carboxylic acids is 1. The van der Waals surface area contributed by atoms with Gasteiger partial charge in [-0.05, 0) is 19.1 Å². The normalized spacial score (nSPS) is 11.2. The lowest BCUT2D eigenvalue weighted by Crippen LogP contribution is -2.06. The summed E-state index contributed by atoms with van der Waals surface area (Å²) < 4.78 is 52.0. The van der Waals surface area contributed by atoms with Gasteiger partial charge in [0.2, 0.25) is 11.8 Å². The van der Waals surface area contributed by atoms with Crippen molar-refractivity contribution in [3.63, 3.8) is 0 Å². The van der Waals surface area contributed by atoms with Crippen molar-refractivity contribution in [2.75, 3.05) is 0 Å². The molecule has 2 heterocycles. The van der Waals surface area contributed by atoms with Crippen LogP contribution in [0.4, 0.5) is 13.2 Å². The van der Waals surface area contributed by atoms with E-state index in [1.807, 2.05) is 0 Å². The molecule has 0 aliphatic carbocycles. The Bertz CT molecular complexity index is 1100. The van der Waals surface area contributed by atoms with Crippen molar-refractivity contribution in [2.45, 2.75) is 13.5 Å². The van der Waals surface area contributed by atoms with Crippen molar-refractivity contribution < 1.29 is 27.4 Å². The van der Waals surface area contributed by atoms with Crippen LogP contribution in [0.3, 0.4) is 0 Å². The predicted octanol–water partition coefficient (Wildman–Crippen LogP) is 4.78. The number of benzene rings is 1. The Labute approximate surface area is 172 Å². The second-order valence-corrected chi connectivity index (χ2v) is 6.67. The molecule has 1 aromatic carbocycles. The molecule has 0 N–H and O–H groups in total. The van der Waals surface area contributed by atoms with Crippen LogP contribution < -0.4 is 9.47 Å². The molecule has 0 unspecified atom stereocenters. The molecule has 3 rings (SSSR count). The van der Waals surface area contributed by atoms with Gasteiger partial charge in [-0.25, -0.2) is 13.8 Å². The highest BCUT2D eigenvalue weighted by Gasteiger charge is 2.24. The SMILES string of the molecule is Cc1nn(C)c(Oc2cc(-c3nn(C)c(OC(F)F)c3Cl)c(F)cc2Cl)c1C=O. The summed E-state index contributed by atoms with van der Waals surface area (Å²) in [6, 6.07) is 2.14. The lowest BCUT2D eigenvalue weighted by molar-refractivity contribution is -0.0552. The highest BCUT2D eigenvalue weighted by atomic mass is 35.5. The Morgan fingerprint density at radius 1 is 1.14 bits per heavy atom. The minimum absolute atomic E-state index is 0.0211. The zero-order valence-electron chi connectivity index (χ0n) is 15.2. The molecule has 0 amide bonds. The summed E-state index contributed by atoms with van der Waals surface area (Å²) in [5.74, 6) is -1.18. The van der Waals surface area contributed by atoms with Crippen molar-refractivity contribution in [3.8, 4) is 28.8 Å². The van der Waals surface area contributed by atoms with Crippen LogP contribution in [-0.4, -0.2) is 32.5 Å². The van der Waals surface area contributed by atoms with Crippen molar-refractivity contribution in [1.29, 1.82) is 0 Å². The van der Waals surface area contributed by atoms with E-state index < -0.39 is 18.3 Å². The fraction of sp³-hybridized carbons (Fsp3) is 0.235. The number of nitrogens with zero attached hydrogens (tertiary/aromatic N) is 4. The van der Waals surface area contributed by atoms with E-state index in [1.165, 1.54) is 17.8 Å². The van der Waals surface area contributed by atoms with Gasteiger partial charge in [0.1, 0.15) is 22.3 Å². The average molecular weight is 449 g/mol. The summed E-state index contributed by atoms with van der Waals surface area (Å²) in [7, 11) is 2.87. The molecule has 0 saturated heterocycles. The second-order valence-electron chi connectivity index (χ2n) is 5.88. The number of hydrogen-bond donors (Lipinski definition) is 0. The maximum atomic E-state index is 14.6. The summed E-state index contributed by atoms with van der Waals surface area (Å²) in [6.45, 7) is -1.52. The van der Waals surface area contributed by atoms with E-state index in [9.17, 15) is 18.0 Å². The number of aldehydes is 1. The van der Waals surface area contributed by atoms with Gasteiger partial charge in [0.15, 0.2) is 6.29 Å². The van der Waals surface area contributed by atoms with E-state index in [1.54, 1.807) is 14.0 Å². The van der Waals surface area contributed by atoms with Gasteiger partial charge in [0.05, 0.1) is 16.3 Å². The van der Waals surface area contributed by atoms with E-state index in [2.05, 4.69) is 14.9 Å². The smallest absolute Gasteiger partial charge is 0.388 e. The van der Waals surface area contributed by atoms with Gasteiger partial charge in [-0.3, -0.25) is 4.79 Å². The number of alkyl halides is 2. The van der Waals surface area contributed by atoms with E-state index in [0.29, 0.717) is 12.0 Å². The van der Waals surface area contributed by atoms with Gasteiger partial charge < -0.3 is 9.47 Å². The third-order valence-corrected chi connectivity index (χ3v) is 4.59. The summed E-state index contributed by atoms with van der Waals surface area (Å²) in [5, 5.41) is 7.61. The molecule has 3 aromatic rings. The lowest BCUT2D eigenvalue weighted by atomic mass is 10.1.